The number of amides is 1. The molecule has 3 rings (SSSR count). The van der Waals surface area contributed by atoms with Crippen LogP contribution in [0.25, 0.3) is 11.0 Å². The highest BCUT2D eigenvalue weighted by molar-refractivity contribution is 9.10. The van der Waals surface area contributed by atoms with Gasteiger partial charge in [0.25, 0.3) is 11.5 Å². The topological polar surface area (TPSA) is 90.3 Å². The molecule has 9 heteroatoms. The number of ether oxygens (including phenoxy) is 1. The molecule has 2 heterocycles. The minimum atomic E-state index is -0.708. The zero-order chi connectivity index (χ0) is 22.8. The molecule has 0 aliphatic rings. The highest BCUT2D eigenvalue weighted by atomic mass is 79.9. The lowest BCUT2D eigenvalue weighted by Gasteiger charge is -2.20. The molecule has 0 atom stereocenters. The molecule has 0 aliphatic heterocycles. The van der Waals surface area contributed by atoms with Gasteiger partial charge in [-0.1, -0.05) is 23.7 Å². The molecule has 1 N–H and O–H groups in total. The molecule has 3 aromatic rings. The van der Waals surface area contributed by atoms with Gasteiger partial charge in [0.15, 0.2) is 0 Å². The van der Waals surface area contributed by atoms with Gasteiger partial charge in [-0.3, -0.25) is 19.0 Å². The van der Waals surface area contributed by atoms with Crippen molar-refractivity contribution in [1.82, 2.24) is 14.9 Å². The summed E-state index contributed by atoms with van der Waals surface area (Å²) in [4.78, 5) is 42.5. The number of hydrogen-bond acceptors (Lipinski definition) is 5. The number of fused-ring (bicyclic) bond motifs is 1. The smallest absolute Gasteiger partial charge is 0.326 e. The average Bonchev–Trinajstić information content (AvgIpc) is 2.67. The number of aromatic nitrogens is 2. The highest BCUT2D eigenvalue weighted by Gasteiger charge is 2.21. The van der Waals surface area contributed by atoms with E-state index in [-0.39, 0.29) is 24.3 Å². The van der Waals surface area contributed by atoms with Crippen molar-refractivity contribution in [2.45, 2.75) is 39.5 Å². The van der Waals surface area contributed by atoms with Crippen LogP contribution in [0.3, 0.4) is 0 Å². The van der Waals surface area contributed by atoms with Gasteiger partial charge >= 0.3 is 5.97 Å². The SMILES string of the molecule is CC(C)(C)OC(=O)Cn1c(=O)c(C(=O)NCc2ccc(Cl)cc2)cc2cc(Br)cnc21. The van der Waals surface area contributed by atoms with Crippen molar-refractivity contribution in [1.29, 1.82) is 0 Å². The first-order chi connectivity index (χ1) is 14.5. The van der Waals surface area contributed by atoms with E-state index in [9.17, 15) is 14.4 Å². The Morgan fingerprint density at radius 1 is 1.19 bits per heavy atom. The highest BCUT2D eigenvalue weighted by Crippen LogP contribution is 2.18. The fraction of sp³-hybridized carbons (Fsp3) is 0.273. The monoisotopic (exact) mass is 505 g/mol. The Bertz CT molecular complexity index is 1200. The first kappa shape index (κ1) is 23.0. The third-order valence-corrected chi connectivity index (χ3v) is 4.90. The number of esters is 1. The molecule has 0 spiro atoms. The molecule has 0 radical (unpaired) electrons. The first-order valence-electron chi connectivity index (χ1n) is 9.47. The van der Waals surface area contributed by atoms with Crippen molar-refractivity contribution >= 4 is 50.4 Å². The normalized spacial score (nSPS) is 11.4. The summed E-state index contributed by atoms with van der Waals surface area (Å²) in [5.41, 5.74) is -0.308. The summed E-state index contributed by atoms with van der Waals surface area (Å²) in [5, 5.41) is 3.86. The Labute approximate surface area is 192 Å². The maximum Gasteiger partial charge on any atom is 0.326 e. The minimum Gasteiger partial charge on any atom is -0.459 e. The second-order valence-corrected chi connectivity index (χ2v) is 9.26. The lowest BCUT2D eigenvalue weighted by Crippen LogP contribution is -2.36. The third kappa shape index (κ3) is 5.92. The van der Waals surface area contributed by atoms with E-state index in [2.05, 4.69) is 26.2 Å². The molecule has 1 amide bonds. The zero-order valence-electron chi connectivity index (χ0n) is 17.2. The van der Waals surface area contributed by atoms with Gasteiger partial charge in [0, 0.05) is 27.6 Å². The maximum absolute atomic E-state index is 13.1. The van der Waals surface area contributed by atoms with Crippen molar-refractivity contribution in [2.24, 2.45) is 0 Å². The van der Waals surface area contributed by atoms with Crippen LogP contribution in [-0.2, 0) is 22.6 Å². The summed E-state index contributed by atoms with van der Waals surface area (Å²) < 4.78 is 7.17. The lowest BCUT2D eigenvalue weighted by atomic mass is 10.1. The molecule has 31 heavy (non-hydrogen) atoms. The Balaban J connectivity index is 1.96. The molecule has 0 unspecified atom stereocenters. The number of nitrogens with zero attached hydrogens (tertiary/aromatic N) is 2. The third-order valence-electron chi connectivity index (χ3n) is 4.21. The van der Waals surface area contributed by atoms with Crippen molar-refractivity contribution in [3.63, 3.8) is 0 Å². The standard InChI is InChI=1S/C22H21BrClN3O4/c1-22(2,3)31-18(28)12-27-19-14(8-15(23)11-25-19)9-17(21(27)30)20(29)26-10-13-4-6-16(24)7-5-13/h4-9,11H,10,12H2,1-3H3,(H,26,29). The molecular formula is C22H21BrClN3O4. The number of carbonyl (C=O) groups is 2. The van der Waals surface area contributed by atoms with Crippen molar-refractivity contribution in [2.75, 3.05) is 0 Å². The van der Waals surface area contributed by atoms with Crippen molar-refractivity contribution < 1.29 is 14.3 Å². The van der Waals surface area contributed by atoms with E-state index < -0.39 is 23.0 Å². The molecule has 1 aromatic carbocycles. The van der Waals surface area contributed by atoms with Crippen LogP contribution in [0.2, 0.25) is 5.02 Å². The van der Waals surface area contributed by atoms with Crippen LogP contribution in [0.1, 0.15) is 36.7 Å². The Morgan fingerprint density at radius 2 is 1.87 bits per heavy atom. The van der Waals surface area contributed by atoms with E-state index in [0.29, 0.717) is 14.9 Å². The number of pyridine rings is 2. The number of nitrogens with one attached hydrogen (secondary N) is 1. The molecular weight excluding hydrogens is 486 g/mol. The fourth-order valence-corrected chi connectivity index (χ4v) is 3.41. The van der Waals surface area contributed by atoms with Crippen LogP contribution in [0.5, 0.6) is 0 Å². The number of rotatable bonds is 5. The van der Waals surface area contributed by atoms with Crippen molar-refractivity contribution in [3.05, 3.63) is 73.6 Å². The maximum atomic E-state index is 13.1. The fourth-order valence-electron chi connectivity index (χ4n) is 2.93. The second-order valence-electron chi connectivity index (χ2n) is 7.91. The summed E-state index contributed by atoms with van der Waals surface area (Å²) in [5.74, 6) is -1.15. The summed E-state index contributed by atoms with van der Waals surface area (Å²) in [6.07, 6.45) is 1.52. The van der Waals surface area contributed by atoms with Gasteiger partial charge < -0.3 is 10.1 Å². The van der Waals surface area contributed by atoms with Gasteiger partial charge in [-0.2, -0.15) is 0 Å². The molecule has 0 saturated heterocycles. The Kier molecular flexibility index (Phi) is 6.81. The molecule has 0 bridgehead atoms. The van der Waals surface area contributed by atoms with Crippen LogP contribution in [0, 0.1) is 0 Å². The number of halogens is 2. The van der Waals surface area contributed by atoms with Gasteiger partial charge in [0.2, 0.25) is 0 Å². The minimum absolute atomic E-state index is 0.0927. The van der Waals surface area contributed by atoms with Gasteiger partial charge in [0.1, 0.15) is 23.4 Å². The molecule has 162 valence electrons. The van der Waals surface area contributed by atoms with E-state index in [0.717, 1.165) is 10.1 Å². The van der Waals surface area contributed by atoms with Crippen LogP contribution in [0.15, 0.2) is 51.9 Å². The van der Waals surface area contributed by atoms with Gasteiger partial charge in [-0.25, -0.2) is 4.98 Å². The van der Waals surface area contributed by atoms with Gasteiger partial charge in [0.05, 0.1) is 0 Å². The Morgan fingerprint density at radius 3 is 2.52 bits per heavy atom. The van der Waals surface area contributed by atoms with E-state index in [1.165, 1.54) is 12.3 Å². The average molecular weight is 507 g/mol. The van der Waals surface area contributed by atoms with E-state index in [1.807, 2.05) is 0 Å². The van der Waals surface area contributed by atoms with E-state index in [4.69, 9.17) is 16.3 Å². The summed E-state index contributed by atoms with van der Waals surface area (Å²) >= 11 is 9.22. The predicted octanol–water partition coefficient (Wildman–Crippen LogP) is 4.08. The van der Waals surface area contributed by atoms with Crippen LogP contribution < -0.4 is 10.9 Å². The Hall–Kier alpha value is -2.71. The van der Waals surface area contributed by atoms with Crippen LogP contribution in [0.4, 0.5) is 0 Å². The lowest BCUT2D eigenvalue weighted by molar-refractivity contribution is -0.155. The van der Waals surface area contributed by atoms with Crippen LogP contribution in [-0.4, -0.2) is 27.0 Å². The second kappa shape index (κ2) is 9.20. The van der Waals surface area contributed by atoms with Gasteiger partial charge in [-0.05, 0) is 66.5 Å². The molecule has 7 nitrogen and oxygen atoms in total. The van der Waals surface area contributed by atoms with Crippen molar-refractivity contribution in [3.8, 4) is 0 Å². The molecule has 0 fully saturated rings. The predicted molar refractivity (Wildman–Crippen MR) is 122 cm³/mol. The largest absolute Gasteiger partial charge is 0.459 e. The quantitative estimate of drug-likeness (QED) is 0.527. The van der Waals surface area contributed by atoms with E-state index >= 15 is 0 Å². The van der Waals surface area contributed by atoms with E-state index in [1.54, 1.807) is 51.1 Å². The van der Waals surface area contributed by atoms with Crippen LogP contribution >= 0.6 is 27.5 Å². The summed E-state index contributed by atoms with van der Waals surface area (Å²) in [7, 11) is 0. The zero-order valence-corrected chi connectivity index (χ0v) is 19.6. The molecule has 0 aliphatic carbocycles. The summed E-state index contributed by atoms with van der Waals surface area (Å²) in [6.45, 7) is 5.07. The van der Waals surface area contributed by atoms with Gasteiger partial charge in [-0.15, -0.1) is 0 Å². The number of carbonyl (C=O) groups excluding carboxylic acids is 2. The number of hydrogen-bond donors (Lipinski definition) is 1. The summed E-state index contributed by atoms with van der Waals surface area (Å²) in [6, 6.07) is 10.2. The number of benzene rings is 1. The molecule has 0 saturated carbocycles. The first-order valence-corrected chi connectivity index (χ1v) is 10.6. The molecule has 2 aromatic heterocycles.